The monoisotopic (exact) mass is 290 g/mol. The third kappa shape index (κ3) is 6.89. The van der Waals surface area contributed by atoms with E-state index in [4.69, 9.17) is 0 Å². The van der Waals surface area contributed by atoms with Crippen molar-refractivity contribution in [2.45, 2.75) is 0 Å². The van der Waals surface area contributed by atoms with Crippen LogP contribution in [0.2, 0.25) is 0 Å². The van der Waals surface area contributed by atoms with Gasteiger partial charge in [0.15, 0.2) is 0 Å². The molecule has 0 spiro atoms. The Kier molecular flexibility index (Phi) is 8.77. The van der Waals surface area contributed by atoms with Crippen molar-refractivity contribution in [3.63, 3.8) is 0 Å². The van der Waals surface area contributed by atoms with Gasteiger partial charge in [-0.3, -0.25) is 0 Å². The molecule has 0 aliphatic heterocycles. The first-order chi connectivity index (χ1) is 8.95. The van der Waals surface area contributed by atoms with Crippen molar-refractivity contribution >= 4 is 5.69 Å². The van der Waals surface area contributed by atoms with Crippen LogP contribution in [0.25, 0.3) is 0 Å². The van der Waals surface area contributed by atoms with Crippen LogP contribution >= 0.6 is 0 Å². The average Bonchev–Trinajstić information content (AvgIpc) is 3.13. The van der Waals surface area contributed by atoms with Gasteiger partial charge in [0.1, 0.15) is 6.04 Å². The number of rotatable bonds is 2. The number of azo groups is 1. The normalized spacial score (nSPS) is 18.9. The van der Waals surface area contributed by atoms with Gasteiger partial charge < -0.3 is 0 Å². The molecule has 2 fully saturated rings. The first-order valence-corrected chi connectivity index (χ1v) is 5.80. The van der Waals surface area contributed by atoms with Gasteiger partial charge in [-0.1, -0.05) is 18.2 Å². The number of benzene rings is 1. The Labute approximate surface area is 127 Å². The fourth-order valence-electron chi connectivity index (χ4n) is 1.36. The summed E-state index contributed by atoms with van der Waals surface area (Å²) in [6.45, 7) is 0. The predicted molar refractivity (Wildman–Crippen MR) is 72.9 cm³/mol. The quantitative estimate of drug-likeness (QED) is 0.577. The van der Waals surface area contributed by atoms with Gasteiger partial charge in [-0.25, -0.2) is 0 Å². The second-order valence-electron chi connectivity index (χ2n) is 3.64. The summed E-state index contributed by atoms with van der Waals surface area (Å²) in [6, 6.07) is 10.6. The van der Waals surface area contributed by atoms with Gasteiger partial charge in [0, 0.05) is 17.1 Å². The topological polar surface area (TPSA) is 24.7 Å². The summed E-state index contributed by atoms with van der Waals surface area (Å²) in [7, 11) is 0. The molecule has 0 heterocycles. The first kappa shape index (κ1) is 16.4. The molecule has 0 atom stereocenters. The molecule has 0 bridgehead atoms. The first-order valence-electron chi connectivity index (χ1n) is 5.80. The number of hydrogen-bond acceptors (Lipinski definition) is 2. The van der Waals surface area contributed by atoms with Crippen LogP contribution in [-0.2, 0) is 17.1 Å². The summed E-state index contributed by atoms with van der Waals surface area (Å²) >= 11 is 0. The molecule has 1 aromatic carbocycles. The van der Waals surface area contributed by atoms with E-state index in [-0.39, 0.29) is 17.1 Å². The second-order valence-corrected chi connectivity index (χ2v) is 3.64. The van der Waals surface area contributed by atoms with Crippen molar-refractivity contribution < 1.29 is 17.1 Å². The molecule has 19 heavy (non-hydrogen) atoms. The molecular formula is C16H14FeN2. The predicted octanol–water partition coefficient (Wildman–Crippen LogP) is 4.15. The van der Waals surface area contributed by atoms with Gasteiger partial charge >= 0.3 is 0 Å². The maximum atomic E-state index is 4.07. The van der Waals surface area contributed by atoms with Gasteiger partial charge in [0.05, 0.1) is 5.69 Å². The Balaban J connectivity index is 0.000000256. The van der Waals surface area contributed by atoms with Gasteiger partial charge in [-0.15, -0.1) is 0 Å². The number of nitrogens with zero attached hydrogens (tertiary/aromatic N) is 2. The van der Waals surface area contributed by atoms with Crippen LogP contribution in [0.3, 0.4) is 0 Å². The Morgan fingerprint density at radius 2 is 1.11 bits per heavy atom. The van der Waals surface area contributed by atoms with Crippen molar-refractivity contribution in [3.05, 3.63) is 94.2 Å². The molecule has 0 N–H and O–H groups in total. The zero-order chi connectivity index (χ0) is 12.5. The number of hydrogen-bond donors (Lipinski definition) is 0. The van der Waals surface area contributed by atoms with Crippen LogP contribution in [0.5, 0.6) is 0 Å². The van der Waals surface area contributed by atoms with E-state index in [1.807, 2.05) is 88.1 Å². The maximum Gasteiger partial charge on any atom is 0.116 e. The Morgan fingerprint density at radius 3 is 1.63 bits per heavy atom. The van der Waals surface area contributed by atoms with E-state index < -0.39 is 0 Å². The van der Waals surface area contributed by atoms with Crippen LogP contribution in [0, 0.1) is 63.8 Å². The molecule has 0 aromatic heterocycles. The smallest absolute Gasteiger partial charge is 0.116 e. The van der Waals surface area contributed by atoms with Gasteiger partial charge in [-0.2, -0.15) is 10.2 Å². The minimum Gasteiger partial charge on any atom is -0.179 e. The molecule has 0 saturated heterocycles. The Morgan fingerprint density at radius 1 is 0.579 bits per heavy atom. The van der Waals surface area contributed by atoms with Crippen molar-refractivity contribution in [2.24, 2.45) is 10.2 Å². The summed E-state index contributed by atoms with van der Waals surface area (Å²) in [5.74, 6) is 0. The minimum absolute atomic E-state index is 0. The van der Waals surface area contributed by atoms with E-state index in [2.05, 4.69) is 10.2 Å². The zero-order valence-corrected chi connectivity index (χ0v) is 11.4. The van der Waals surface area contributed by atoms with Crippen molar-refractivity contribution in [2.75, 3.05) is 0 Å². The van der Waals surface area contributed by atoms with E-state index in [0.717, 1.165) is 11.7 Å². The minimum atomic E-state index is 0. The molecular weight excluding hydrogens is 276 g/mol. The molecule has 2 nitrogen and oxygen atoms in total. The molecule has 0 amide bonds. The zero-order valence-electron chi connectivity index (χ0n) is 10.3. The fraction of sp³-hybridized carbons (Fsp3) is 0. The van der Waals surface area contributed by atoms with E-state index in [1.165, 1.54) is 0 Å². The summed E-state index contributed by atoms with van der Waals surface area (Å²) in [4.78, 5) is 0. The Bertz CT molecular complexity index is 333. The molecule has 3 rings (SSSR count). The molecule has 96 valence electrons. The molecule has 2 aliphatic rings. The van der Waals surface area contributed by atoms with Crippen LogP contribution in [0.1, 0.15) is 0 Å². The van der Waals surface area contributed by atoms with Crippen LogP contribution in [0.4, 0.5) is 5.69 Å². The molecule has 2 saturated carbocycles. The van der Waals surface area contributed by atoms with Crippen LogP contribution in [0.15, 0.2) is 40.6 Å². The summed E-state index contributed by atoms with van der Waals surface area (Å²) < 4.78 is 0. The van der Waals surface area contributed by atoms with E-state index in [0.29, 0.717) is 0 Å². The van der Waals surface area contributed by atoms with E-state index in [1.54, 1.807) is 0 Å². The van der Waals surface area contributed by atoms with Gasteiger partial charge in [0.25, 0.3) is 0 Å². The van der Waals surface area contributed by atoms with Crippen molar-refractivity contribution in [1.29, 1.82) is 0 Å². The summed E-state index contributed by atoms with van der Waals surface area (Å²) in [5.41, 5.74) is 0.878. The fourth-order valence-corrected chi connectivity index (χ4v) is 1.36. The van der Waals surface area contributed by atoms with Crippen molar-refractivity contribution in [1.82, 2.24) is 0 Å². The molecule has 3 heteroatoms. The third-order valence-electron chi connectivity index (χ3n) is 2.24. The largest absolute Gasteiger partial charge is 0.179 e. The summed E-state index contributed by atoms with van der Waals surface area (Å²) in [6.07, 6.45) is 17.7. The maximum absolute atomic E-state index is 4.07. The summed E-state index contributed by atoms with van der Waals surface area (Å²) in [5, 5.41) is 8.14. The van der Waals surface area contributed by atoms with Crippen molar-refractivity contribution in [3.8, 4) is 0 Å². The SMILES string of the molecule is [CH]1[CH][CH][CH][CH]1.[CH]1[CH][CH][C](N=Nc2ccccc2)[CH]1.[Fe]. The van der Waals surface area contributed by atoms with E-state index >= 15 is 0 Å². The average molecular weight is 290 g/mol. The Hall–Kier alpha value is -0.661. The second kappa shape index (κ2) is 10.2. The standard InChI is InChI=1S/C11H9N2.C5H5.Fe/c1-2-6-10(7-3-1)12-13-11-8-4-5-9-11;1-2-4-5-3-1;/h1-9H;1-5H;. The molecule has 1 aromatic rings. The van der Waals surface area contributed by atoms with Crippen LogP contribution in [-0.4, -0.2) is 0 Å². The molecule has 2 aliphatic carbocycles. The third-order valence-corrected chi connectivity index (χ3v) is 2.24. The van der Waals surface area contributed by atoms with E-state index in [9.17, 15) is 0 Å². The van der Waals surface area contributed by atoms with Crippen LogP contribution < -0.4 is 0 Å². The van der Waals surface area contributed by atoms with Gasteiger partial charge in [0.2, 0.25) is 0 Å². The molecule has 0 unspecified atom stereocenters. The van der Waals surface area contributed by atoms with Gasteiger partial charge in [-0.05, 0) is 69.9 Å². The molecule has 10 radical (unpaired) electrons.